The van der Waals surface area contributed by atoms with E-state index in [2.05, 4.69) is 0 Å². The molecule has 152 valence electrons. The lowest BCUT2D eigenvalue weighted by atomic mass is 10.5. The van der Waals surface area contributed by atoms with E-state index >= 15 is 0 Å². The number of rotatable bonds is 18. The lowest BCUT2D eigenvalue weighted by molar-refractivity contribution is 0.0291. The van der Waals surface area contributed by atoms with Crippen molar-refractivity contribution in [2.24, 2.45) is 0 Å². The molecule has 3 aliphatic rings. The lowest BCUT2D eigenvalue weighted by Gasteiger charge is -2.18. The van der Waals surface area contributed by atoms with Gasteiger partial charge in [0.05, 0.1) is 79.3 Å². The lowest BCUT2D eigenvalue weighted by Crippen LogP contribution is -2.14. The quantitative estimate of drug-likeness (QED) is 0.183. The van der Waals surface area contributed by atoms with Gasteiger partial charge < -0.3 is 28.4 Å². The highest BCUT2D eigenvalue weighted by atomic mass is 31.2. The smallest absolute Gasteiger partial charge is 0.376 e. The fourth-order valence-electron chi connectivity index (χ4n) is 1.87. The summed E-state index contributed by atoms with van der Waals surface area (Å²) in [5.74, 6) is 0. The Hall–Kier alpha value is -0.130. The Bertz CT molecular complexity index is 376. The molecule has 3 rings (SSSR count). The molecule has 0 aliphatic carbocycles. The third-order valence-electron chi connectivity index (χ3n) is 3.55. The normalized spacial score (nSPS) is 28.7. The van der Waals surface area contributed by atoms with Crippen molar-refractivity contribution in [1.29, 1.82) is 0 Å². The second-order valence-electron chi connectivity index (χ2n) is 6.04. The summed E-state index contributed by atoms with van der Waals surface area (Å²) in [5.41, 5.74) is 0. The van der Waals surface area contributed by atoms with Crippen molar-refractivity contribution in [3.63, 3.8) is 0 Å². The highest BCUT2D eigenvalue weighted by molar-refractivity contribution is 7.48. The van der Waals surface area contributed by atoms with Crippen LogP contribution in [0.3, 0.4) is 0 Å². The van der Waals surface area contributed by atoms with Gasteiger partial charge in [-0.2, -0.15) is 0 Å². The van der Waals surface area contributed by atoms with Crippen molar-refractivity contribution >= 4 is 7.82 Å². The van der Waals surface area contributed by atoms with Gasteiger partial charge in [0.2, 0.25) is 0 Å². The van der Waals surface area contributed by atoms with Gasteiger partial charge in [0, 0.05) is 0 Å². The molecule has 11 heteroatoms. The van der Waals surface area contributed by atoms with Crippen LogP contribution in [0.25, 0.3) is 0 Å². The van der Waals surface area contributed by atoms with Crippen LogP contribution in [0.2, 0.25) is 0 Å². The molecule has 0 aromatic heterocycles. The van der Waals surface area contributed by atoms with Crippen LogP contribution in [0.1, 0.15) is 0 Å². The Morgan fingerprint density at radius 1 is 0.615 bits per heavy atom. The van der Waals surface area contributed by atoms with E-state index in [-0.39, 0.29) is 58.0 Å². The van der Waals surface area contributed by atoms with Crippen LogP contribution in [0, 0.1) is 0 Å². The van der Waals surface area contributed by atoms with E-state index in [1.807, 2.05) is 0 Å². The number of phosphoric ester groups is 1. The Labute approximate surface area is 152 Å². The Balaban J connectivity index is 1.26. The Kier molecular flexibility index (Phi) is 8.73. The molecule has 3 fully saturated rings. The van der Waals surface area contributed by atoms with Crippen molar-refractivity contribution in [1.82, 2.24) is 0 Å². The fraction of sp³-hybridized carbons (Fsp3) is 1.00. The van der Waals surface area contributed by atoms with E-state index < -0.39 is 7.82 Å². The summed E-state index contributed by atoms with van der Waals surface area (Å²) in [5, 5.41) is 0. The molecule has 3 aliphatic heterocycles. The molecule has 0 amide bonds. The van der Waals surface area contributed by atoms with Gasteiger partial charge in [0.15, 0.2) is 0 Å². The average molecular weight is 398 g/mol. The number of hydrogen-bond donors (Lipinski definition) is 0. The maximum absolute atomic E-state index is 12.6. The van der Waals surface area contributed by atoms with Gasteiger partial charge in [-0.1, -0.05) is 0 Å². The summed E-state index contributed by atoms with van der Waals surface area (Å²) in [6, 6.07) is 0. The summed E-state index contributed by atoms with van der Waals surface area (Å²) in [7, 11) is -3.70. The largest absolute Gasteiger partial charge is 0.475 e. The van der Waals surface area contributed by atoms with E-state index in [0.717, 1.165) is 19.8 Å². The van der Waals surface area contributed by atoms with Crippen LogP contribution in [0.4, 0.5) is 0 Å². The highest BCUT2D eigenvalue weighted by Gasteiger charge is 2.28. The maximum Gasteiger partial charge on any atom is 0.475 e. The molecule has 0 radical (unpaired) electrons. The van der Waals surface area contributed by atoms with Crippen LogP contribution in [0.5, 0.6) is 0 Å². The predicted octanol–water partition coefficient (Wildman–Crippen LogP) is 0.391. The molecule has 0 saturated carbocycles. The van der Waals surface area contributed by atoms with E-state index in [1.54, 1.807) is 0 Å². The molecule has 0 bridgehead atoms. The molecule has 3 heterocycles. The van der Waals surface area contributed by atoms with Crippen LogP contribution < -0.4 is 0 Å². The zero-order valence-electron chi connectivity index (χ0n) is 14.7. The van der Waals surface area contributed by atoms with Gasteiger partial charge in [0.25, 0.3) is 0 Å². The maximum atomic E-state index is 12.6. The third kappa shape index (κ3) is 9.70. The zero-order valence-corrected chi connectivity index (χ0v) is 15.6. The molecule has 26 heavy (non-hydrogen) atoms. The molecule has 3 unspecified atom stereocenters. The molecular weight excluding hydrogens is 371 g/mol. The minimum Gasteiger partial charge on any atom is -0.376 e. The van der Waals surface area contributed by atoms with Gasteiger partial charge in [-0.05, 0) is 0 Å². The first-order valence-electron chi connectivity index (χ1n) is 8.85. The van der Waals surface area contributed by atoms with Gasteiger partial charge in [-0.15, -0.1) is 0 Å². The first-order chi connectivity index (χ1) is 12.7. The Morgan fingerprint density at radius 2 is 0.923 bits per heavy atom. The molecule has 0 aromatic rings. The van der Waals surface area contributed by atoms with Gasteiger partial charge in [-0.3, -0.25) is 13.6 Å². The second kappa shape index (κ2) is 11.0. The van der Waals surface area contributed by atoms with E-state index in [1.165, 1.54) is 0 Å². The molecule has 3 saturated heterocycles. The minimum atomic E-state index is -3.70. The monoisotopic (exact) mass is 398 g/mol. The summed E-state index contributed by atoms with van der Waals surface area (Å²) in [6.07, 6.45) is 0.526. The number of phosphoric acid groups is 1. The van der Waals surface area contributed by atoms with Gasteiger partial charge in [-0.25, -0.2) is 4.57 Å². The third-order valence-corrected chi connectivity index (χ3v) is 5.05. The van der Waals surface area contributed by atoms with Crippen molar-refractivity contribution in [2.45, 2.75) is 18.3 Å². The first-order valence-corrected chi connectivity index (χ1v) is 10.3. The molecule has 3 atom stereocenters. The van der Waals surface area contributed by atoms with Crippen molar-refractivity contribution in [3.05, 3.63) is 0 Å². The van der Waals surface area contributed by atoms with E-state index in [4.69, 9.17) is 42.0 Å². The molecular formula is C15H27O10P. The van der Waals surface area contributed by atoms with Crippen molar-refractivity contribution < 1.29 is 46.6 Å². The highest BCUT2D eigenvalue weighted by Crippen LogP contribution is 2.49. The van der Waals surface area contributed by atoms with Crippen molar-refractivity contribution in [3.8, 4) is 0 Å². The van der Waals surface area contributed by atoms with Crippen LogP contribution >= 0.6 is 7.82 Å². The summed E-state index contributed by atoms with van der Waals surface area (Å²) < 4.78 is 59.7. The summed E-state index contributed by atoms with van der Waals surface area (Å²) >= 11 is 0. The summed E-state index contributed by atoms with van der Waals surface area (Å²) in [4.78, 5) is 0. The predicted molar refractivity (Wildman–Crippen MR) is 87.1 cm³/mol. The average Bonchev–Trinajstić information content (AvgIpc) is 3.46. The fourth-order valence-corrected chi connectivity index (χ4v) is 2.99. The van der Waals surface area contributed by atoms with Crippen LogP contribution in [-0.4, -0.2) is 97.6 Å². The van der Waals surface area contributed by atoms with E-state index in [9.17, 15) is 4.57 Å². The standard InChI is InChI=1S/C15H27O10P/c16-26(23-4-1-17-7-13-10-20-13,24-5-2-18-8-14-11-21-14)25-6-3-19-9-15-12-22-15/h13-15H,1-12H2. The van der Waals surface area contributed by atoms with Gasteiger partial charge in [0.1, 0.15) is 18.3 Å². The van der Waals surface area contributed by atoms with Gasteiger partial charge >= 0.3 is 7.82 Å². The zero-order chi connectivity index (χ0) is 18.1. The van der Waals surface area contributed by atoms with Crippen LogP contribution in [0.15, 0.2) is 0 Å². The van der Waals surface area contributed by atoms with E-state index in [0.29, 0.717) is 19.8 Å². The molecule has 0 spiro atoms. The summed E-state index contributed by atoms with van der Waals surface area (Å²) in [6.45, 7) is 4.81. The molecule has 0 N–H and O–H groups in total. The molecule has 10 nitrogen and oxygen atoms in total. The first kappa shape index (κ1) is 20.6. The molecule has 0 aromatic carbocycles. The number of ether oxygens (including phenoxy) is 6. The number of epoxide rings is 3. The second-order valence-corrected chi connectivity index (χ2v) is 7.71. The SMILES string of the molecule is O=P(OCCOCC1CO1)(OCCOCC1CO1)OCCOCC1CO1. The number of hydrogen-bond acceptors (Lipinski definition) is 10. The topological polar surface area (TPSA) is 110 Å². The van der Waals surface area contributed by atoms with Crippen LogP contribution in [-0.2, 0) is 46.6 Å². The van der Waals surface area contributed by atoms with Crippen molar-refractivity contribution in [2.75, 3.05) is 79.3 Å². The minimum absolute atomic E-state index is 0.0948. The Morgan fingerprint density at radius 3 is 1.19 bits per heavy atom.